The van der Waals surface area contributed by atoms with Gasteiger partial charge in [-0.25, -0.2) is 19.7 Å². The van der Waals surface area contributed by atoms with E-state index in [2.05, 4.69) is 25.3 Å². The molecule has 3 aromatic heterocycles. The Morgan fingerprint density at radius 3 is 2.35 bits per heavy atom. The largest absolute Gasteiger partial charge is 0.436 e. The van der Waals surface area contributed by atoms with Crippen LogP contribution in [0.25, 0.3) is 11.2 Å². The molecule has 13 nitrogen and oxygen atoms in total. The molecule has 3 heterocycles. The molecular formula is C27H30F6N8O5. The number of carbonyl (C=O) groups excluding carboxylic acids is 3. The Morgan fingerprint density at radius 2 is 1.74 bits per heavy atom. The Bertz CT molecular complexity index is 1630. The first-order valence-electron chi connectivity index (χ1n) is 13.5. The molecular weight excluding hydrogens is 630 g/mol. The van der Waals surface area contributed by atoms with Gasteiger partial charge in [0.15, 0.2) is 17.7 Å². The molecule has 1 atom stereocenters. The van der Waals surface area contributed by atoms with Crippen LogP contribution in [0.1, 0.15) is 24.4 Å². The van der Waals surface area contributed by atoms with Gasteiger partial charge in [-0.05, 0) is 31.1 Å². The van der Waals surface area contributed by atoms with Crippen molar-refractivity contribution in [2.45, 2.75) is 44.3 Å². The Balaban J connectivity index is 1.82. The molecule has 3 rings (SSSR count). The topological polar surface area (TPSA) is 155 Å². The van der Waals surface area contributed by atoms with Gasteiger partial charge in [-0.15, -0.1) is 0 Å². The van der Waals surface area contributed by atoms with Gasteiger partial charge in [0.05, 0.1) is 12.2 Å². The third-order valence-corrected chi connectivity index (χ3v) is 6.40. The number of anilines is 1. The van der Waals surface area contributed by atoms with E-state index in [1.165, 1.54) is 49.5 Å². The first-order chi connectivity index (χ1) is 21.4. The van der Waals surface area contributed by atoms with Crippen LogP contribution >= 0.6 is 0 Å². The molecule has 19 heteroatoms. The van der Waals surface area contributed by atoms with E-state index in [0.717, 1.165) is 15.8 Å². The number of imidazole rings is 1. The molecule has 0 bridgehead atoms. The number of H-pyrrole nitrogens is 1. The Kier molecular flexibility index (Phi) is 11.1. The lowest BCUT2D eigenvalue weighted by molar-refractivity contribution is -0.283. The molecule has 0 aliphatic rings. The Labute approximate surface area is 257 Å². The van der Waals surface area contributed by atoms with E-state index in [-0.39, 0.29) is 48.0 Å². The van der Waals surface area contributed by atoms with Crippen molar-refractivity contribution in [2.24, 2.45) is 5.92 Å². The van der Waals surface area contributed by atoms with Crippen molar-refractivity contribution < 1.29 is 45.5 Å². The monoisotopic (exact) mass is 660 g/mol. The summed E-state index contributed by atoms with van der Waals surface area (Å²) < 4.78 is 85.2. The van der Waals surface area contributed by atoms with Crippen LogP contribution < -0.4 is 10.9 Å². The van der Waals surface area contributed by atoms with Crippen LogP contribution in [0.15, 0.2) is 41.6 Å². The van der Waals surface area contributed by atoms with Gasteiger partial charge in [0, 0.05) is 40.8 Å². The summed E-state index contributed by atoms with van der Waals surface area (Å²) in [4.78, 5) is 66.6. The number of alkyl halides is 6. The molecule has 0 spiro atoms. The molecule has 0 aliphatic carbocycles. The first kappa shape index (κ1) is 35.5. The molecule has 0 aromatic carbocycles. The molecule has 0 fully saturated rings. The number of halogens is 6. The van der Waals surface area contributed by atoms with Crippen molar-refractivity contribution >= 4 is 34.8 Å². The fourth-order valence-corrected chi connectivity index (χ4v) is 3.95. The standard InChI is InChI=1S/C27H30F6N8O5/c1-39(2)20(42)10-6-5-9-17(46-25(45)40(3)4)23(43)36-15-8-7-11-41(24(15)44)13-19-37-21-16(34-14-35-22(21)38-19)12-18(26(28,29)30)27(31,32)33/h6-8,10-11,14,17-18H,5,9,12-13H2,1-4H3,(H,36,43)(H,34,35,37,38)/b10-6+/t17-/m0/s1. The zero-order valence-corrected chi connectivity index (χ0v) is 24.9. The van der Waals surface area contributed by atoms with Gasteiger partial charge in [0.25, 0.3) is 11.5 Å². The summed E-state index contributed by atoms with van der Waals surface area (Å²) in [5.41, 5.74) is -2.04. The number of nitrogens with one attached hydrogen (secondary N) is 2. The summed E-state index contributed by atoms with van der Waals surface area (Å²) in [6.45, 7) is -0.343. The molecule has 46 heavy (non-hydrogen) atoms. The molecule has 2 N–H and O–H groups in total. The zero-order valence-electron chi connectivity index (χ0n) is 24.9. The van der Waals surface area contributed by atoms with Crippen LogP contribution in [0.4, 0.5) is 36.8 Å². The average Bonchev–Trinajstić information content (AvgIpc) is 3.37. The minimum absolute atomic E-state index is 0.0322. The quantitative estimate of drug-likeness (QED) is 0.235. The number of hydrogen-bond acceptors (Lipinski definition) is 8. The first-order valence-corrected chi connectivity index (χ1v) is 13.5. The summed E-state index contributed by atoms with van der Waals surface area (Å²) in [6.07, 6.45) is -9.86. The van der Waals surface area contributed by atoms with Crippen LogP contribution in [-0.4, -0.2) is 98.9 Å². The van der Waals surface area contributed by atoms with E-state index in [4.69, 9.17) is 4.74 Å². The smallest absolute Gasteiger partial charge is 0.410 e. The summed E-state index contributed by atoms with van der Waals surface area (Å²) in [7, 11) is 5.92. The number of amides is 3. The number of hydrogen-bond donors (Lipinski definition) is 2. The second-order valence-corrected chi connectivity index (χ2v) is 10.4. The van der Waals surface area contributed by atoms with Gasteiger partial charge in [-0.2, -0.15) is 26.3 Å². The number of likely N-dealkylation sites (N-methyl/N-ethyl adjacent to an activating group) is 1. The fourth-order valence-electron chi connectivity index (χ4n) is 3.95. The number of nitrogens with zero attached hydrogens (tertiary/aromatic N) is 6. The minimum Gasteiger partial charge on any atom is -0.436 e. The van der Waals surface area contributed by atoms with Gasteiger partial charge in [0.1, 0.15) is 23.4 Å². The summed E-state index contributed by atoms with van der Waals surface area (Å²) >= 11 is 0. The maximum absolute atomic E-state index is 13.2. The number of carbonyl (C=O) groups is 3. The number of pyridine rings is 1. The lowest BCUT2D eigenvalue weighted by Crippen LogP contribution is -2.38. The van der Waals surface area contributed by atoms with Crippen molar-refractivity contribution in [1.29, 1.82) is 0 Å². The van der Waals surface area contributed by atoms with Crippen molar-refractivity contribution in [3.8, 4) is 0 Å². The van der Waals surface area contributed by atoms with E-state index in [9.17, 15) is 45.5 Å². The molecule has 3 amide bonds. The number of fused-ring (bicyclic) bond motifs is 1. The zero-order chi connectivity index (χ0) is 34.4. The maximum atomic E-state index is 13.2. The van der Waals surface area contributed by atoms with Crippen LogP contribution in [0.2, 0.25) is 0 Å². The second kappa shape index (κ2) is 14.4. The predicted octanol–water partition coefficient (Wildman–Crippen LogP) is 3.28. The van der Waals surface area contributed by atoms with Crippen LogP contribution in [0.3, 0.4) is 0 Å². The molecule has 250 valence electrons. The van der Waals surface area contributed by atoms with E-state index in [0.29, 0.717) is 0 Å². The lowest BCUT2D eigenvalue weighted by atomic mass is 10.0. The average molecular weight is 661 g/mol. The van der Waals surface area contributed by atoms with Crippen molar-refractivity contribution in [3.63, 3.8) is 0 Å². The lowest BCUT2D eigenvalue weighted by Gasteiger charge is -2.22. The SMILES string of the molecule is CN(C)C(=O)/C=C/CC[C@H](OC(=O)N(C)C)C(=O)Nc1cccn(Cc2nc3ncnc(CC(C(F)(F)F)C(F)(F)F)c3[nH]2)c1=O. The molecule has 3 aromatic rings. The van der Waals surface area contributed by atoms with Crippen molar-refractivity contribution in [1.82, 2.24) is 34.3 Å². The van der Waals surface area contributed by atoms with Crippen molar-refractivity contribution in [2.75, 3.05) is 33.5 Å². The second-order valence-electron chi connectivity index (χ2n) is 10.4. The van der Waals surface area contributed by atoms with Gasteiger partial charge >= 0.3 is 18.4 Å². The number of allylic oxidation sites excluding steroid dienone is 1. The molecule has 0 aliphatic heterocycles. The Morgan fingerprint density at radius 1 is 1.07 bits per heavy atom. The number of aromatic amines is 1. The highest BCUT2D eigenvalue weighted by atomic mass is 19.4. The van der Waals surface area contributed by atoms with Crippen LogP contribution in [0.5, 0.6) is 0 Å². The third-order valence-electron chi connectivity index (χ3n) is 6.40. The van der Waals surface area contributed by atoms with Gasteiger partial charge in [-0.1, -0.05) is 6.08 Å². The highest BCUT2D eigenvalue weighted by Gasteiger charge is 2.56. The van der Waals surface area contributed by atoms with Crippen LogP contribution in [-0.2, 0) is 27.3 Å². The van der Waals surface area contributed by atoms with E-state index >= 15 is 0 Å². The maximum Gasteiger partial charge on any atom is 0.410 e. The summed E-state index contributed by atoms with van der Waals surface area (Å²) in [5.74, 6) is -4.86. The number of aromatic nitrogens is 5. The number of rotatable bonds is 11. The summed E-state index contributed by atoms with van der Waals surface area (Å²) in [6, 6.07) is 2.66. The van der Waals surface area contributed by atoms with Gasteiger partial charge in [-0.3, -0.25) is 14.4 Å². The highest BCUT2D eigenvalue weighted by Crippen LogP contribution is 2.41. The molecule has 0 radical (unpaired) electrons. The minimum atomic E-state index is -5.58. The molecule has 0 unspecified atom stereocenters. The van der Waals surface area contributed by atoms with Gasteiger partial charge in [0.2, 0.25) is 5.91 Å². The normalized spacial score (nSPS) is 12.8. The van der Waals surface area contributed by atoms with Crippen LogP contribution in [0, 0.1) is 5.92 Å². The van der Waals surface area contributed by atoms with E-state index in [1.54, 1.807) is 14.1 Å². The summed E-state index contributed by atoms with van der Waals surface area (Å²) in [5, 5.41) is 2.40. The molecule has 0 saturated carbocycles. The fraction of sp³-hybridized carbons (Fsp3) is 0.444. The predicted molar refractivity (Wildman–Crippen MR) is 150 cm³/mol. The van der Waals surface area contributed by atoms with E-state index < -0.39 is 54.0 Å². The highest BCUT2D eigenvalue weighted by molar-refractivity contribution is 5.95. The Hall–Kier alpha value is -4.97. The third kappa shape index (κ3) is 9.27. The number of ether oxygens (including phenoxy) is 1. The molecule has 0 saturated heterocycles. The van der Waals surface area contributed by atoms with Gasteiger partial charge < -0.3 is 29.4 Å². The van der Waals surface area contributed by atoms with E-state index in [1.807, 2.05) is 0 Å². The van der Waals surface area contributed by atoms with Crippen molar-refractivity contribution in [3.05, 3.63) is 58.7 Å².